The van der Waals surface area contributed by atoms with Gasteiger partial charge in [-0.3, -0.25) is 4.68 Å². The van der Waals surface area contributed by atoms with Gasteiger partial charge in [0.15, 0.2) is 5.69 Å². The van der Waals surface area contributed by atoms with Gasteiger partial charge in [-0.2, -0.15) is 5.10 Å². The molecule has 0 fully saturated rings. The van der Waals surface area contributed by atoms with Gasteiger partial charge in [0.05, 0.1) is 12.7 Å². The zero-order valence-electron chi connectivity index (χ0n) is 7.26. The Balaban J connectivity index is 3.02. The van der Waals surface area contributed by atoms with E-state index in [2.05, 4.69) is 9.84 Å². The van der Waals surface area contributed by atoms with Gasteiger partial charge in [0.25, 0.3) is 0 Å². The Morgan fingerprint density at radius 1 is 1.69 bits per heavy atom. The van der Waals surface area contributed by atoms with Crippen LogP contribution in [0.4, 0.5) is 0 Å². The summed E-state index contributed by atoms with van der Waals surface area (Å²) >= 11 is 0. The predicted octanol–water partition coefficient (Wildman–Crippen LogP) is -2.11. The van der Waals surface area contributed by atoms with Crippen LogP contribution >= 0.6 is 0 Å². The first-order valence-corrected chi connectivity index (χ1v) is 3.54. The summed E-state index contributed by atoms with van der Waals surface area (Å²) in [7, 11) is 1.09. The second-order valence-electron chi connectivity index (χ2n) is 2.44. The Bertz CT molecular complexity index is 322. The number of aromatic nitrogens is 2. The lowest BCUT2D eigenvalue weighted by molar-refractivity contribution is 0.0593. The average Bonchev–Trinajstić information content (AvgIpc) is 2.46. The normalized spacial score (nSPS) is 9.85. The summed E-state index contributed by atoms with van der Waals surface area (Å²) in [5, 5.41) is 21.4. The lowest BCUT2D eigenvalue weighted by atomic mass is 9.86. The van der Waals surface area contributed by atoms with E-state index in [-0.39, 0.29) is 11.3 Å². The summed E-state index contributed by atoms with van der Waals surface area (Å²) in [6.45, 7) is 0. The third kappa shape index (κ3) is 1.88. The summed E-state index contributed by atoms with van der Waals surface area (Å²) in [4.78, 5) is 10.9. The first-order chi connectivity index (χ1) is 6.06. The quantitative estimate of drug-likeness (QED) is 0.405. The molecular formula is C6H9BN2O4. The van der Waals surface area contributed by atoms with E-state index >= 15 is 0 Å². The summed E-state index contributed by atoms with van der Waals surface area (Å²) in [6, 6.07) is 1.26. The fourth-order valence-electron chi connectivity index (χ4n) is 0.928. The standard InChI is InChI=1S/C6H9BN2O4/c1-9-5(7(11)12)3-4(8-9)6(10)13-2/h3,11-12H,1-2H3. The molecule has 0 saturated carbocycles. The van der Waals surface area contributed by atoms with E-state index in [1.807, 2.05) is 0 Å². The predicted molar refractivity (Wildman–Crippen MR) is 44.4 cm³/mol. The van der Waals surface area contributed by atoms with Gasteiger partial charge in [-0.25, -0.2) is 4.79 Å². The number of nitrogens with zero attached hydrogens (tertiary/aromatic N) is 2. The van der Waals surface area contributed by atoms with E-state index in [1.165, 1.54) is 24.9 Å². The van der Waals surface area contributed by atoms with Gasteiger partial charge in [0.1, 0.15) is 0 Å². The Kier molecular flexibility index (Phi) is 2.69. The van der Waals surface area contributed by atoms with Gasteiger partial charge in [-0.05, 0) is 6.07 Å². The molecule has 1 rings (SSSR count). The molecule has 0 bridgehead atoms. The molecule has 13 heavy (non-hydrogen) atoms. The van der Waals surface area contributed by atoms with Crippen molar-refractivity contribution in [3.8, 4) is 0 Å². The molecule has 0 amide bonds. The number of hydrogen-bond acceptors (Lipinski definition) is 5. The van der Waals surface area contributed by atoms with Crippen LogP contribution < -0.4 is 5.59 Å². The lowest BCUT2D eigenvalue weighted by Crippen LogP contribution is -2.35. The van der Waals surface area contributed by atoms with Crippen LogP contribution in [0.5, 0.6) is 0 Å². The Morgan fingerprint density at radius 3 is 2.69 bits per heavy atom. The van der Waals surface area contributed by atoms with Gasteiger partial charge in [0, 0.05) is 7.05 Å². The van der Waals surface area contributed by atoms with Crippen LogP contribution in [-0.2, 0) is 11.8 Å². The van der Waals surface area contributed by atoms with Crippen LogP contribution in [0.3, 0.4) is 0 Å². The number of aryl methyl sites for hydroxylation is 1. The second-order valence-corrected chi connectivity index (χ2v) is 2.44. The van der Waals surface area contributed by atoms with Gasteiger partial charge in [0.2, 0.25) is 0 Å². The minimum atomic E-state index is -1.64. The van der Waals surface area contributed by atoms with Gasteiger partial charge >= 0.3 is 13.1 Å². The molecule has 1 aromatic rings. The highest BCUT2D eigenvalue weighted by atomic mass is 16.5. The van der Waals surface area contributed by atoms with E-state index in [0.717, 1.165) is 0 Å². The molecule has 1 heterocycles. The Morgan fingerprint density at radius 2 is 2.31 bits per heavy atom. The van der Waals surface area contributed by atoms with Crippen molar-refractivity contribution >= 4 is 18.7 Å². The number of ether oxygens (including phenoxy) is 1. The number of esters is 1. The number of methoxy groups -OCH3 is 1. The van der Waals surface area contributed by atoms with Crippen molar-refractivity contribution in [2.24, 2.45) is 7.05 Å². The maximum absolute atomic E-state index is 10.9. The van der Waals surface area contributed by atoms with E-state index in [1.54, 1.807) is 0 Å². The molecule has 1 aromatic heterocycles. The molecule has 0 aliphatic rings. The van der Waals surface area contributed by atoms with Crippen molar-refractivity contribution in [1.29, 1.82) is 0 Å². The maximum atomic E-state index is 10.9. The largest absolute Gasteiger partial charge is 0.507 e. The van der Waals surface area contributed by atoms with E-state index in [4.69, 9.17) is 10.0 Å². The van der Waals surface area contributed by atoms with Crippen molar-refractivity contribution in [2.45, 2.75) is 0 Å². The first-order valence-electron chi connectivity index (χ1n) is 3.54. The molecule has 0 atom stereocenters. The second kappa shape index (κ2) is 3.59. The third-order valence-corrected chi connectivity index (χ3v) is 1.58. The van der Waals surface area contributed by atoms with Crippen molar-refractivity contribution in [1.82, 2.24) is 9.78 Å². The Labute approximate surface area is 74.9 Å². The molecule has 0 saturated heterocycles. The highest BCUT2D eigenvalue weighted by Gasteiger charge is 2.20. The minimum absolute atomic E-state index is 0.0492. The lowest BCUT2D eigenvalue weighted by Gasteiger charge is -1.96. The molecule has 0 spiro atoms. The molecule has 7 heteroatoms. The molecule has 0 aliphatic heterocycles. The van der Waals surface area contributed by atoms with Gasteiger partial charge in [-0.1, -0.05) is 0 Å². The topological polar surface area (TPSA) is 84.6 Å². The fraction of sp³-hybridized carbons (Fsp3) is 0.333. The van der Waals surface area contributed by atoms with E-state index in [0.29, 0.717) is 0 Å². The highest BCUT2D eigenvalue weighted by molar-refractivity contribution is 6.57. The first kappa shape index (κ1) is 9.75. The summed E-state index contributed by atoms with van der Waals surface area (Å²) in [6.07, 6.45) is 0. The molecule has 2 N–H and O–H groups in total. The molecule has 0 aliphatic carbocycles. The average molecular weight is 184 g/mol. The zero-order valence-corrected chi connectivity index (χ0v) is 7.26. The molecule has 0 radical (unpaired) electrons. The Hall–Kier alpha value is -1.34. The van der Waals surface area contributed by atoms with Crippen molar-refractivity contribution in [3.05, 3.63) is 11.8 Å². The number of carbonyl (C=O) groups excluding carboxylic acids is 1. The minimum Gasteiger partial charge on any atom is -0.464 e. The summed E-state index contributed by atoms with van der Waals surface area (Å²) in [5.41, 5.74) is 0.188. The number of hydrogen-bond donors (Lipinski definition) is 2. The summed E-state index contributed by atoms with van der Waals surface area (Å²) in [5.74, 6) is -0.609. The van der Waals surface area contributed by atoms with Crippen LogP contribution in [0.2, 0.25) is 0 Å². The van der Waals surface area contributed by atoms with Crippen molar-refractivity contribution in [2.75, 3.05) is 7.11 Å². The monoisotopic (exact) mass is 184 g/mol. The summed E-state index contributed by atoms with van der Waals surface area (Å²) < 4.78 is 5.61. The van der Waals surface area contributed by atoms with Crippen LogP contribution in [-0.4, -0.2) is 40.0 Å². The highest BCUT2D eigenvalue weighted by Crippen LogP contribution is 1.95. The fourth-order valence-corrected chi connectivity index (χ4v) is 0.928. The maximum Gasteiger partial charge on any atom is 0.507 e. The smallest absolute Gasteiger partial charge is 0.464 e. The third-order valence-electron chi connectivity index (χ3n) is 1.58. The van der Waals surface area contributed by atoms with E-state index < -0.39 is 13.1 Å². The number of carbonyl (C=O) groups is 1. The van der Waals surface area contributed by atoms with E-state index in [9.17, 15) is 4.79 Å². The molecule has 6 nitrogen and oxygen atoms in total. The van der Waals surface area contributed by atoms with Crippen LogP contribution in [0, 0.1) is 0 Å². The van der Waals surface area contributed by atoms with Gasteiger partial charge < -0.3 is 14.8 Å². The van der Waals surface area contributed by atoms with Crippen molar-refractivity contribution in [3.63, 3.8) is 0 Å². The molecule has 0 aromatic carbocycles. The SMILES string of the molecule is COC(=O)c1cc(B(O)O)n(C)n1. The van der Waals surface area contributed by atoms with Gasteiger partial charge in [-0.15, -0.1) is 0 Å². The van der Waals surface area contributed by atoms with Crippen LogP contribution in [0.25, 0.3) is 0 Å². The molecule has 0 unspecified atom stereocenters. The zero-order chi connectivity index (χ0) is 10.0. The van der Waals surface area contributed by atoms with Crippen molar-refractivity contribution < 1.29 is 19.6 Å². The number of rotatable bonds is 2. The molecule has 70 valence electrons. The van der Waals surface area contributed by atoms with Crippen LogP contribution in [0.1, 0.15) is 10.5 Å². The van der Waals surface area contributed by atoms with Crippen LogP contribution in [0.15, 0.2) is 6.07 Å². The molecular weight excluding hydrogens is 175 g/mol.